The van der Waals surface area contributed by atoms with Gasteiger partial charge < -0.3 is 14.1 Å². The molecule has 0 aliphatic carbocycles. The van der Waals surface area contributed by atoms with Crippen LogP contribution in [0, 0.1) is 5.82 Å². The third kappa shape index (κ3) is 3.66. The lowest BCUT2D eigenvalue weighted by Crippen LogP contribution is -2.40. The van der Waals surface area contributed by atoms with Crippen LogP contribution in [-0.2, 0) is 25.5 Å². The van der Waals surface area contributed by atoms with E-state index in [4.69, 9.17) is 9.15 Å². The normalized spacial score (nSPS) is 18.8. The number of hydrogen-bond donors (Lipinski definition) is 1. The van der Waals surface area contributed by atoms with E-state index in [9.17, 15) is 18.8 Å². The van der Waals surface area contributed by atoms with Crippen LogP contribution in [0.2, 0.25) is 0 Å². The number of carbonyl (C=O) groups is 3. The number of nitrogens with one attached hydrogen (secondary N) is 1. The highest BCUT2D eigenvalue weighted by atomic mass is 19.1. The van der Waals surface area contributed by atoms with Crippen molar-refractivity contribution in [1.29, 1.82) is 0 Å². The fourth-order valence-electron chi connectivity index (χ4n) is 5.08. The summed E-state index contributed by atoms with van der Waals surface area (Å²) in [5.41, 5.74) is 1.81. The molecular weight excluding hydrogens is 477 g/mol. The molecule has 0 radical (unpaired) electrons. The number of esters is 1. The smallest absolute Gasteiger partial charge is 0.329 e. The van der Waals surface area contributed by atoms with Gasteiger partial charge in [-0.3, -0.25) is 19.9 Å². The Labute approximate surface area is 211 Å². The minimum Gasteiger partial charge on any atom is -0.464 e. The van der Waals surface area contributed by atoms with Crippen molar-refractivity contribution in [3.8, 4) is 0 Å². The topological polar surface area (TPSA) is 101 Å². The largest absolute Gasteiger partial charge is 0.464 e. The van der Waals surface area contributed by atoms with Gasteiger partial charge in [0.2, 0.25) is 0 Å². The van der Waals surface area contributed by atoms with E-state index in [1.54, 1.807) is 50.1 Å². The van der Waals surface area contributed by atoms with Gasteiger partial charge in [-0.2, -0.15) is 0 Å². The van der Waals surface area contributed by atoms with Gasteiger partial charge in [0.25, 0.3) is 11.8 Å². The Balaban J connectivity index is 1.54. The molecule has 4 heterocycles. The van der Waals surface area contributed by atoms with Crippen LogP contribution in [0.3, 0.4) is 0 Å². The fraction of sp³-hybridized carbons (Fsp3) is 0.214. The number of nitrogens with zero attached hydrogens (tertiary/aromatic N) is 2. The minimum atomic E-state index is -0.732. The van der Waals surface area contributed by atoms with Gasteiger partial charge in [0.1, 0.15) is 23.0 Å². The second-order valence-corrected chi connectivity index (χ2v) is 10.1. The van der Waals surface area contributed by atoms with Gasteiger partial charge in [-0.15, -0.1) is 0 Å². The van der Waals surface area contributed by atoms with Crippen molar-refractivity contribution in [1.82, 2.24) is 5.32 Å². The number of para-hydroxylation sites is 1. The first-order chi connectivity index (χ1) is 17.6. The first kappa shape index (κ1) is 22.9. The number of benzene rings is 2. The molecule has 1 unspecified atom stereocenters. The standard InChI is InChI=1S/C28H22FN3O5/c1-28(2,3)37-27(35)19-12-15-11-16(29)13-18-22(30-8-9-32(19)23(15)18)21-20(25(33)31-26(21)34)17-6-4-5-14-7-10-36-24(14)17/h4-11,13,19H,12H2,1-3H3,(H,31,33,34). The molecule has 3 aliphatic rings. The Morgan fingerprint density at radius 2 is 1.92 bits per heavy atom. The van der Waals surface area contributed by atoms with Gasteiger partial charge in [0.15, 0.2) is 0 Å². The summed E-state index contributed by atoms with van der Waals surface area (Å²) in [4.78, 5) is 45.4. The monoisotopic (exact) mass is 499 g/mol. The molecule has 8 nitrogen and oxygen atoms in total. The van der Waals surface area contributed by atoms with Crippen molar-refractivity contribution in [3.63, 3.8) is 0 Å². The molecular formula is C28H22FN3O5. The first-order valence-corrected chi connectivity index (χ1v) is 11.8. The summed E-state index contributed by atoms with van der Waals surface area (Å²) in [7, 11) is 0. The highest BCUT2D eigenvalue weighted by Gasteiger charge is 2.42. The lowest BCUT2D eigenvalue weighted by Gasteiger charge is -2.27. The van der Waals surface area contributed by atoms with Gasteiger partial charge in [-0.25, -0.2) is 9.18 Å². The van der Waals surface area contributed by atoms with E-state index in [1.165, 1.54) is 24.6 Å². The molecule has 2 aromatic carbocycles. The summed E-state index contributed by atoms with van der Waals surface area (Å²) in [6.45, 7) is 5.34. The van der Waals surface area contributed by atoms with E-state index in [0.29, 0.717) is 28.0 Å². The third-order valence-corrected chi connectivity index (χ3v) is 6.44. The Bertz CT molecular complexity index is 1620. The zero-order chi connectivity index (χ0) is 26.1. The molecule has 37 heavy (non-hydrogen) atoms. The maximum Gasteiger partial charge on any atom is 0.329 e. The second-order valence-electron chi connectivity index (χ2n) is 10.1. The summed E-state index contributed by atoms with van der Waals surface area (Å²) < 4.78 is 26.1. The summed E-state index contributed by atoms with van der Waals surface area (Å²) in [6, 6.07) is 8.94. The molecule has 6 rings (SSSR count). The van der Waals surface area contributed by atoms with E-state index in [1.807, 2.05) is 6.07 Å². The number of amides is 2. The number of carbonyl (C=O) groups excluding carboxylic acids is 3. The van der Waals surface area contributed by atoms with Gasteiger partial charge in [-0.1, -0.05) is 18.2 Å². The molecule has 0 fully saturated rings. The van der Waals surface area contributed by atoms with E-state index < -0.39 is 35.2 Å². The molecule has 2 amide bonds. The maximum absolute atomic E-state index is 14.9. The van der Waals surface area contributed by atoms with Crippen molar-refractivity contribution >= 4 is 45.7 Å². The number of imide groups is 1. The van der Waals surface area contributed by atoms with Gasteiger partial charge in [-0.05, 0) is 44.5 Å². The molecule has 0 bridgehead atoms. The van der Waals surface area contributed by atoms with Crippen molar-refractivity contribution in [2.45, 2.75) is 38.8 Å². The summed E-state index contributed by atoms with van der Waals surface area (Å²) in [5, 5.41) is 3.11. The molecule has 0 saturated carbocycles. The molecule has 3 aromatic rings. The average Bonchev–Trinajstić information content (AvgIpc) is 3.47. The number of halogens is 1. The Morgan fingerprint density at radius 3 is 2.70 bits per heavy atom. The number of aliphatic imine (C=N–C) groups is 1. The Kier molecular flexibility index (Phi) is 4.95. The molecule has 1 atom stereocenters. The Morgan fingerprint density at radius 1 is 1.14 bits per heavy atom. The van der Waals surface area contributed by atoms with Crippen LogP contribution in [-0.4, -0.2) is 35.1 Å². The van der Waals surface area contributed by atoms with E-state index in [2.05, 4.69) is 10.3 Å². The zero-order valence-electron chi connectivity index (χ0n) is 20.3. The highest BCUT2D eigenvalue weighted by molar-refractivity contribution is 6.48. The van der Waals surface area contributed by atoms with Crippen LogP contribution in [0.4, 0.5) is 10.1 Å². The lowest BCUT2D eigenvalue weighted by molar-refractivity contribution is -0.156. The van der Waals surface area contributed by atoms with E-state index in [0.717, 1.165) is 5.39 Å². The summed E-state index contributed by atoms with van der Waals surface area (Å²) in [5.74, 6) is -2.25. The van der Waals surface area contributed by atoms with E-state index >= 15 is 0 Å². The van der Waals surface area contributed by atoms with Crippen LogP contribution < -0.4 is 10.2 Å². The molecule has 3 aliphatic heterocycles. The van der Waals surface area contributed by atoms with Crippen LogP contribution >= 0.6 is 0 Å². The fourth-order valence-corrected chi connectivity index (χ4v) is 5.08. The zero-order valence-corrected chi connectivity index (χ0v) is 20.3. The lowest BCUT2D eigenvalue weighted by atomic mass is 9.92. The van der Waals surface area contributed by atoms with Crippen molar-refractivity contribution in [2.24, 2.45) is 4.99 Å². The molecule has 9 heteroatoms. The van der Waals surface area contributed by atoms with Gasteiger partial charge in [0, 0.05) is 35.3 Å². The molecule has 186 valence electrons. The SMILES string of the molecule is CC(C)(C)OC(=O)C1Cc2cc(F)cc3c2N1C=CN=C3C1=C(c2cccc3ccoc23)C(=O)NC1=O. The minimum absolute atomic E-state index is 0.00826. The number of furan rings is 1. The number of fused-ring (bicyclic) bond motifs is 1. The predicted molar refractivity (Wildman–Crippen MR) is 134 cm³/mol. The number of anilines is 1. The Hall–Kier alpha value is -4.53. The summed E-state index contributed by atoms with van der Waals surface area (Å²) in [6.07, 6.45) is 4.77. The van der Waals surface area contributed by atoms with E-state index in [-0.39, 0.29) is 23.3 Å². The molecule has 0 saturated heterocycles. The number of ether oxygens (including phenoxy) is 1. The van der Waals surface area contributed by atoms with Gasteiger partial charge >= 0.3 is 5.97 Å². The first-order valence-electron chi connectivity index (χ1n) is 11.8. The predicted octanol–water partition coefficient (Wildman–Crippen LogP) is 4.03. The maximum atomic E-state index is 14.9. The second kappa shape index (κ2) is 7.99. The highest BCUT2D eigenvalue weighted by Crippen LogP contribution is 2.41. The average molecular weight is 499 g/mol. The van der Waals surface area contributed by atoms with Crippen LogP contribution in [0.15, 0.2) is 70.0 Å². The number of hydrogen-bond acceptors (Lipinski definition) is 7. The quantitative estimate of drug-likeness (QED) is 0.431. The van der Waals surface area contributed by atoms with Crippen molar-refractivity contribution in [2.75, 3.05) is 4.90 Å². The van der Waals surface area contributed by atoms with Crippen LogP contribution in [0.25, 0.3) is 16.5 Å². The molecule has 0 spiro atoms. The number of rotatable bonds is 3. The third-order valence-electron chi connectivity index (χ3n) is 6.44. The molecule has 1 aromatic heterocycles. The van der Waals surface area contributed by atoms with Crippen LogP contribution in [0.1, 0.15) is 37.5 Å². The van der Waals surface area contributed by atoms with Crippen molar-refractivity contribution in [3.05, 3.63) is 83.1 Å². The van der Waals surface area contributed by atoms with Crippen molar-refractivity contribution < 1.29 is 27.9 Å². The van der Waals surface area contributed by atoms with Crippen LogP contribution in [0.5, 0.6) is 0 Å². The summed E-state index contributed by atoms with van der Waals surface area (Å²) >= 11 is 0. The molecule has 1 N–H and O–H groups in total. The van der Waals surface area contributed by atoms with Gasteiger partial charge in [0.05, 0.1) is 28.8 Å².